The third-order valence-electron chi connectivity index (χ3n) is 6.63. The molecule has 198 valence electrons. The van der Waals surface area contributed by atoms with Gasteiger partial charge in [0.25, 0.3) is 0 Å². The maximum Gasteiger partial charge on any atom is 0.417 e. The van der Waals surface area contributed by atoms with Gasteiger partial charge >= 0.3 is 6.18 Å². The van der Waals surface area contributed by atoms with Crippen LogP contribution in [0.4, 0.5) is 22.0 Å². The standard InChI is InChI=1S/C29H30F5NO2/c1-17-10-19-12-21(35-16-20(19)11-17)5-4-18-13-24(25(15-26(18)30)29(32,33)34)23-7-6-22(14-27(23)31)37-9-8-28(2,3)36/h6-7,12-17,36H,4-5,8-11H2,1-3H3. The number of rotatable bonds is 8. The maximum atomic E-state index is 15.0. The number of hydrogen-bond donors (Lipinski definition) is 1. The first-order chi connectivity index (χ1) is 17.3. The van der Waals surface area contributed by atoms with Crippen molar-refractivity contribution in [1.82, 2.24) is 4.98 Å². The predicted molar refractivity (Wildman–Crippen MR) is 131 cm³/mol. The molecular formula is C29H30F5NO2. The van der Waals surface area contributed by atoms with Crippen LogP contribution in [0.2, 0.25) is 0 Å². The van der Waals surface area contributed by atoms with Gasteiger partial charge in [0.15, 0.2) is 0 Å². The van der Waals surface area contributed by atoms with Crippen LogP contribution < -0.4 is 4.74 Å². The molecule has 0 radical (unpaired) electrons. The number of aromatic nitrogens is 1. The van der Waals surface area contributed by atoms with E-state index >= 15 is 4.39 Å². The molecule has 0 saturated carbocycles. The van der Waals surface area contributed by atoms with Crippen LogP contribution >= 0.6 is 0 Å². The Morgan fingerprint density at radius 2 is 1.68 bits per heavy atom. The number of aryl methyl sites for hydroxylation is 2. The van der Waals surface area contributed by atoms with Crippen molar-refractivity contribution < 1.29 is 31.8 Å². The van der Waals surface area contributed by atoms with Crippen molar-refractivity contribution in [2.24, 2.45) is 5.92 Å². The van der Waals surface area contributed by atoms with Crippen molar-refractivity contribution in [1.29, 1.82) is 0 Å². The number of hydrogen-bond acceptors (Lipinski definition) is 3. The smallest absolute Gasteiger partial charge is 0.417 e. The number of halogens is 5. The fourth-order valence-corrected chi connectivity index (χ4v) is 4.66. The average molecular weight is 520 g/mol. The Kier molecular flexibility index (Phi) is 7.60. The highest BCUT2D eigenvalue weighted by Crippen LogP contribution is 2.40. The molecule has 3 nitrogen and oxygen atoms in total. The van der Waals surface area contributed by atoms with Crippen LogP contribution in [0.25, 0.3) is 11.1 Å². The summed E-state index contributed by atoms with van der Waals surface area (Å²) in [6, 6.07) is 7.07. The molecule has 1 heterocycles. The molecule has 2 aromatic carbocycles. The van der Waals surface area contributed by atoms with Gasteiger partial charge in [0, 0.05) is 29.9 Å². The summed E-state index contributed by atoms with van der Waals surface area (Å²) in [5.41, 5.74) is 0.260. The second-order valence-corrected chi connectivity index (χ2v) is 10.5. The summed E-state index contributed by atoms with van der Waals surface area (Å²) in [5, 5.41) is 9.77. The van der Waals surface area contributed by atoms with Crippen LogP contribution in [0.5, 0.6) is 5.75 Å². The van der Waals surface area contributed by atoms with Gasteiger partial charge in [-0.15, -0.1) is 0 Å². The van der Waals surface area contributed by atoms with Crippen LogP contribution in [0.1, 0.15) is 55.1 Å². The van der Waals surface area contributed by atoms with Crippen LogP contribution in [0.3, 0.4) is 0 Å². The minimum Gasteiger partial charge on any atom is -0.493 e. The minimum absolute atomic E-state index is 0.0589. The zero-order valence-corrected chi connectivity index (χ0v) is 21.1. The number of pyridine rings is 1. The van der Waals surface area contributed by atoms with E-state index in [1.165, 1.54) is 23.3 Å². The lowest BCUT2D eigenvalue weighted by Crippen LogP contribution is -2.21. The zero-order valence-electron chi connectivity index (χ0n) is 21.1. The molecule has 0 amide bonds. The van der Waals surface area contributed by atoms with Gasteiger partial charge in [-0.2, -0.15) is 13.2 Å². The topological polar surface area (TPSA) is 42.4 Å². The van der Waals surface area contributed by atoms with E-state index in [4.69, 9.17) is 4.74 Å². The Morgan fingerprint density at radius 1 is 0.946 bits per heavy atom. The molecule has 0 fully saturated rings. The van der Waals surface area contributed by atoms with Crippen molar-refractivity contribution in [2.45, 2.75) is 64.7 Å². The van der Waals surface area contributed by atoms with Crippen LogP contribution in [-0.4, -0.2) is 22.3 Å². The first kappa shape index (κ1) is 27.0. The molecule has 37 heavy (non-hydrogen) atoms. The van der Waals surface area contributed by atoms with Crippen molar-refractivity contribution in [3.63, 3.8) is 0 Å². The Morgan fingerprint density at radius 3 is 2.35 bits per heavy atom. The fourth-order valence-electron chi connectivity index (χ4n) is 4.66. The summed E-state index contributed by atoms with van der Waals surface area (Å²) < 4.78 is 76.6. The van der Waals surface area contributed by atoms with Gasteiger partial charge in [-0.25, -0.2) is 8.78 Å². The van der Waals surface area contributed by atoms with Crippen molar-refractivity contribution in [3.05, 3.63) is 82.2 Å². The largest absolute Gasteiger partial charge is 0.493 e. The van der Waals surface area contributed by atoms with Gasteiger partial charge in [-0.05, 0) is 98.0 Å². The Labute approximate surface area is 213 Å². The molecule has 0 bridgehead atoms. The van der Waals surface area contributed by atoms with Crippen molar-refractivity contribution >= 4 is 0 Å². The molecule has 1 N–H and O–H groups in total. The third-order valence-corrected chi connectivity index (χ3v) is 6.63. The zero-order chi connectivity index (χ0) is 27.0. The number of aliphatic hydroxyl groups is 1. The van der Waals surface area contributed by atoms with Gasteiger partial charge in [-0.1, -0.05) is 6.92 Å². The second kappa shape index (κ2) is 10.4. The fraction of sp³-hybridized carbons (Fsp3) is 0.414. The van der Waals surface area contributed by atoms with E-state index in [0.29, 0.717) is 18.4 Å². The lowest BCUT2D eigenvalue weighted by atomic mass is 9.94. The Balaban J connectivity index is 1.60. The summed E-state index contributed by atoms with van der Waals surface area (Å²) >= 11 is 0. The molecule has 0 aliphatic heterocycles. The second-order valence-electron chi connectivity index (χ2n) is 10.5. The van der Waals surface area contributed by atoms with Crippen LogP contribution in [0.15, 0.2) is 42.6 Å². The van der Waals surface area contributed by atoms with Crippen molar-refractivity contribution in [2.75, 3.05) is 6.61 Å². The molecule has 0 spiro atoms. The highest BCUT2D eigenvalue weighted by atomic mass is 19.4. The molecule has 3 aromatic rings. The maximum absolute atomic E-state index is 15.0. The van der Waals surface area contributed by atoms with Gasteiger partial charge in [0.1, 0.15) is 17.4 Å². The molecule has 1 aliphatic rings. The summed E-state index contributed by atoms with van der Waals surface area (Å²) in [6.45, 7) is 5.47. The Bertz CT molecular complexity index is 1280. The molecular weight excluding hydrogens is 489 g/mol. The molecule has 8 heteroatoms. The normalized spacial score (nSPS) is 15.6. The molecule has 1 unspecified atom stereocenters. The van der Waals surface area contributed by atoms with Gasteiger partial charge in [-0.3, -0.25) is 4.98 Å². The van der Waals surface area contributed by atoms with E-state index in [1.54, 1.807) is 13.8 Å². The monoisotopic (exact) mass is 519 g/mol. The summed E-state index contributed by atoms with van der Waals surface area (Å²) in [7, 11) is 0. The van der Waals surface area contributed by atoms with Gasteiger partial charge < -0.3 is 9.84 Å². The van der Waals surface area contributed by atoms with E-state index in [9.17, 15) is 22.7 Å². The number of nitrogens with zero attached hydrogens (tertiary/aromatic N) is 1. The quantitative estimate of drug-likeness (QED) is 0.323. The van der Waals surface area contributed by atoms with Crippen LogP contribution in [0, 0.1) is 17.6 Å². The molecule has 1 aromatic heterocycles. The van der Waals surface area contributed by atoms with Gasteiger partial charge in [0.05, 0.1) is 17.8 Å². The van der Waals surface area contributed by atoms with Crippen LogP contribution in [-0.2, 0) is 31.9 Å². The van der Waals surface area contributed by atoms with Gasteiger partial charge in [0.2, 0.25) is 0 Å². The van der Waals surface area contributed by atoms with E-state index < -0.39 is 34.5 Å². The molecule has 1 aliphatic carbocycles. The first-order valence-electron chi connectivity index (χ1n) is 12.3. The molecule has 4 rings (SSSR count). The number of ether oxygens (including phenoxy) is 1. The number of alkyl halides is 3. The predicted octanol–water partition coefficient (Wildman–Crippen LogP) is 7.11. The SMILES string of the molecule is CC1Cc2cnc(CCc3cc(-c4ccc(OCCC(C)(C)O)cc4F)c(C(F)(F)F)cc3F)cc2C1. The summed E-state index contributed by atoms with van der Waals surface area (Å²) in [4.78, 5) is 4.44. The van der Waals surface area contributed by atoms with E-state index in [1.807, 2.05) is 12.3 Å². The van der Waals surface area contributed by atoms with E-state index in [0.717, 1.165) is 30.7 Å². The molecule has 0 saturated heterocycles. The Hall–Kier alpha value is -3.00. The summed E-state index contributed by atoms with van der Waals surface area (Å²) in [6.07, 6.45) is -0.384. The average Bonchev–Trinajstić information content (AvgIpc) is 3.16. The number of benzene rings is 2. The summed E-state index contributed by atoms with van der Waals surface area (Å²) in [5.74, 6) is -1.25. The van der Waals surface area contributed by atoms with Crippen molar-refractivity contribution in [3.8, 4) is 16.9 Å². The lowest BCUT2D eigenvalue weighted by molar-refractivity contribution is -0.137. The lowest BCUT2D eigenvalue weighted by Gasteiger charge is -2.18. The van der Waals surface area contributed by atoms with E-state index in [2.05, 4.69) is 11.9 Å². The highest BCUT2D eigenvalue weighted by Gasteiger charge is 2.35. The van der Waals surface area contributed by atoms with E-state index in [-0.39, 0.29) is 36.3 Å². The third kappa shape index (κ3) is 6.66. The minimum atomic E-state index is -4.87. The first-order valence-corrected chi connectivity index (χ1v) is 12.3. The number of fused-ring (bicyclic) bond motifs is 1. The highest BCUT2D eigenvalue weighted by molar-refractivity contribution is 5.70. The molecule has 1 atom stereocenters.